The molecule has 2 fully saturated rings. The Balaban J connectivity index is 1.49. The molecule has 1 atom stereocenters. The molecule has 2 saturated heterocycles. The van der Waals surface area contributed by atoms with Crippen LogP contribution < -0.4 is 0 Å². The van der Waals surface area contributed by atoms with E-state index in [1.165, 1.54) is 10.5 Å². The Morgan fingerprint density at radius 1 is 1.08 bits per heavy atom. The molecule has 0 saturated carbocycles. The van der Waals surface area contributed by atoms with E-state index >= 15 is 0 Å². The van der Waals surface area contributed by atoms with E-state index in [1.807, 2.05) is 13.8 Å². The number of benzene rings is 1. The highest BCUT2D eigenvalue weighted by Crippen LogP contribution is 2.28. The fourth-order valence-electron chi connectivity index (χ4n) is 3.86. The highest BCUT2D eigenvalue weighted by Gasteiger charge is 2.40. The van der Waals surface area contributed by atoms with Crippen LogP contribution in [0, 0.1) is 17.8 Å². The van der Waals surface area contributed by atoms with Gasteiger partial charge in [-0.25, -0.2) is 0 Å². The first-order valence-corrected chi connectivity index (χ1v) is 9.15. The van der Waals surface area contributed by atoms with Crippen LogP contribution in [-0.2, 0) is 16.0 Å². The standard InChI is InChI=1S/C20H28N2O2/c1-15(2)18-13-19(23)22(20(18)24)14-21-10-8-17(9-11-21)12-16-6-4-3-5-7-16/h3-7,15,17-18H,8-14H2,1-2H3. The van der Waals surface area contributed by atoms with E-state index in [0.717, 1.165) is 32.4 Å². The minimum Gasteiger partial charge on any atom is -0.286 e. The van der Waals surface area contributed by atoms with Crippen LogP contribution in [0.4, 0.5) is 0 Å². The van der Waals surface area contributed by atoms with Crippen molar-refractivity contribution < 1.29 is 9.59 Å². The van der Waals surface area contributed by atoms with Gasteiger partial charge in [-0.3, -0.25) is 19.4 Å². The van der Waals surface area contributed by atoms with E-state index < -0.39 is 0 Å². The van der Waals surface area contributed by atoms with Gasteiger partial charge in [-0.05, 0) is 36.7 Å². The summed E-state index contributed by atoms with van der Waals surface area (Å²) in [5.74, 6) is 0.861. The van der Waals surface area contributed by atoms with E-state index in [1.54, 1.807) is 0 Å². The molecule has 2 aliphatic heterocycles. The van der Waals surface area contributed by atoms with Crippen LogP contribution >= 0.6 is 0 Å². The first-order chi connectivity index (χ1) is 11.5. The van der Waals surface area contributed by atoms with Crippen LogP contribution in [0.2, 0.25) is 0 Å². The Bertz CT molecular complexity index is 577. The summed E-state index contributed by atoms with van der Waals surface area (Å²) < 4.78 is 0. The molecule has 0 aliphatic carbocycles. The van der Waals surface area contributed by atoms with Gasteiger partial charge in [-0.1, -0.05) is 44.2 Å². The van der Waals surface area contributed by atoms with Gasteiger partial charge in [0.25, 0.3) is 0 Å². The van der Waals surface area contributed by atoms with Crippen molar-refractivity contribution in [1.29, 1.82) is 0 Å². The number of carbonyl (C=O) groups is 2. The average Bonchev–Trinajstić information content (AvgIpc) is 2.86. The monoisotopic (exact) mass is 328 g/mol. The first kappa shape index (κ1) is 17.2. The zero-order valence-corrected chi connectivity index (χ0v) is 14.8. The second kappa shape index (κ2) is 7.47. The van der Waals surface area contributed by atoms with Gasteiger partial charge in [0.05, 0.1) is 6.67 Å². The zero-order valence-electron chi connectivity index (χ0n) is 14.8. The molecule has 0 bridgehead atoms. The lowest BCUT2D eigenvalue weighted by Crippen LogP contribution is -2.45. The molecule has 0 aromatic heterocycles. The molecule has 0 radical (unpaired) electrons. The number of hydrogen-bond donors (Lipinski definition) is 0. The van der Waals surface area contributed by atoms with Crippen molar-refractivity contribution in [2.45, 2.75) is 39.5 Å². The van der Waals surface area contributed by atoms with Gasteiger partial charge >= 0.3 is 0 Å². The van der Waals surface area contributed by atoms with Crippen LogP contribution in [0.1, 0.15) is 38.7 Å². The molecule has 2 heterocycles. The Hall–Kier alpha value is -1.68. The maximum absolute atomic E-state index is 12.4. The Kier molecular flexibility index (Phi) is 5.34. The van der Waals surface area contributed by atoms with Crippen molar-refractivity contribution in [1.82, 2.24) is 9.80 Å². The third-order valence-corrected chi connectivity index (χ3v) is 5.50. The van der Waals surface area contributed by atoms with Crippen molar-refractivity contribution in [3.8, 4) is 0 Å². The molecule has 3 rings (SSSR count). The van der Waals surface area contributed by atoms with Crippen molar-refractivity contribution in [3.63, 3.8) is 0 Å². The Morgan fingerprint density at radius 2 is 1.75 bits per heavy atom. The lowest BCUT2D eigenvalue weighted by molar-refractivity contribution is -0.142. The number of amides is 2. The van der Waals surface area contributed by atoms with Crippen molar-refractivity contribution in [2.24, 2.45) is 17.8 Å². The predicted octanol–water partition coefficient (Wildman–Crippen LogP) is 2.93. The number of hydrogen-bond acceptors (Lipinski definition) is 3. The maximum atomic E-state index is 12.4. The number of nitrogens with zero attached hydrogens (tertiary/aromatic N) is 2. The molecule has 1 aromatic carbocycles. The SMILES string of the molecule is CC(C)C1CC(=O)N(CN2CCC(Cc3ccccc3)CC2)C1=O. The number of piperidine rings is 1. The summed E-state index contributed by atoms with van der Waals surface area (Å²) >= 11 is 0. The molecule has 24 heavy (non-hydrogen) atoms. The molecule has 4 nitrogen and oxygen atoms in total. The van der Waals surface area contributed by atoms with Gasteiger partial charge < -0.3 is 0 Å². The molecule has 1 unspecified atom stereocenters. The van der Waals surface area contributed by atoms with E-state index in [9.17, 15) is 9.59 Å². The van der Waals surface area contributed by atoms with Gasteiger partial charge in [0, 0.05) is 25.4 Å². The molecule has 1 aromatic rings. The van der Waals surface area contributed by atoms with E-state index in [0.29, 0.717) is 19.0 Å². The number of imide groups is 1. The minimum atomic E-state index is -0.117. The van der Waals surface area contributed by atoms with E-state index in [-0.39, 0.29) is 23.7 Å². The summed E-state index contributed by atoms with van der Waals surface area (Å²) in [6, 6.07) is 10.6. The quantitative estimate of drug-likeness (QED) is 0.780. The molecule has 2 aliphatic rings. The summed E-state index contributed by atoms with van der Waals surface area (Å²) in [6.45, 7) is 6.48. The highest BCUT2D eigenvalue weighted by molar-refractivity contribution is 6.03. The van der Waals surface area contributed by atoms with Crippen LogP contribution in [0.25, 0.3) is 0 Å². The summed E-state index contributed by atoms with van der Waals surface area (Å²) in [5, 5.41) is 0. The van der Waals surface area contributed by atoms with Gasteiger partial charge in [0.2, 0.25) is 11.8 Å². The minimum absolute atomic E-state index is 0.00473. The topological polar surface area (TPSA) is 40.6 Å². The second-order valence-electron chi connectivity index (χ2n) is 7.61. The highest BCUT2D eigenvalue weighted by atomic mass is 16.2. The Morgan fingerprint density at radius 3 is 2.33 bits per heavy atom. The van der Waals surface area contributed by atoms with Crippen LogP contribution in [0.3, 0.4) is 0 Å². The van der Waals surface area contributed by atoms with Crippen LogP contribution in [0.5, 0.6) is 0 Å². The summed E-state index contributed by atoms with van der Waals surface area (Å²) in [5.41, 5.74) is 1.40. The lowest BCUT2D eigenvalue weighted by atomic mass is 9.90. The van der Waals surface area contributed by atoms with Gasteiger partial charge in [-0.15, -0.1) is 0 Å². The fourth-order valence-corrected chi connectivity index (χ4v) is 3.86. The largest absolute Gasteiger partial charge is 0.286 e. The normalized spacial score (nSPS) is 23.5. The molecular formula is C20H28N2O2. The third-order valence-electron chi connectivity index (χ3n) is 5.50. The van der Waals surface area contributed by atoms with Crippen molar-refractivity contribution in [3.05, 3.63) is 35.9 Å². The van der Waals surface area contributed by atoms with E-state index in [2.05, 4.69) is 35.2 Å². The molecule has 0 N–H and O–H groups in total. The lowest BCUT2D eigenvalue weighted by Gasteiger charge is -2.34. The molecule has 4 heteroatoms. The molecule has 0 spiro atoms. The summed E-state index contributed by atoms with van der Waals surface area (Å²) in [4.78, 5) is 28.3. The third kappa shape index (κ3) is 3.86. The first-order valence-electron chi connectivity index (χ1n) is 9.15. The summed E-state index contributed by atoms with van der Waals surface area (Å²) in [7, 11) is 0. The van der Waals surface area contributed by atoms with Crippen molar-refractivity contribution >= 4 is 11.8 Å². The second-order valence-corrected chi connectivity index (χ2v) is 7.61. The number of rotatable bonds is 5. The fraction of sp³-hybridized carbons (Fsp3) is 0.600. The smallest absolute Gasteiger partial charge is 0.234 e. The van der Waals surface area contributed by atoms with Gasteiger partial charge in [0.1, 0.15) is 0 Å². The van der Waals surface area contributed by atoms with Crippen LogP contribution in [0.15, 0.2) is 30.3 Å². The zero-order chi connectivity index (χ0) is 17.1. The molecule has 2 amide bonds. The number of likely N-dealkylation sites (tertiary alicyclic amines) is 2. The summed E-state index contributed by atoms with van der Waals surface area (Å²) in [6.07, 6.45) is 3.80. The van der Waals surface area contributed by atoms with E-state index in [4.69, 9.17) is 0 Å². The van der Waals surface area contributed by atoms with Gasteiger partial charge in [-0.2, -0.15) is 0 Å². The van der Waals surface area contributed by atoms with Gasteiger partial charge in [0.15, 0.2) is 0 Å². The molecular weight excluding hydrogens is 300 g/mol. The number of carbonyl (C=O) groups excluding carboxylic acids is 2. The van der Waals surface area contributed by atoms with Crippen molar-refractivity contribution in [2.75, 3.05) is 19.8 Å². The Labute approximate surface area is 144 Å². The maximum Gasteiger partial charge on any atom is 0.234 e. The molecule has 130 valence electrons. The predicted molar refractivity (Wildman–Crippen MR) is 94.1 cm³/mol. The average molecular weight is 328 g/mol. The van der Waals surface area contributed by atoms with Crippen LogP contribution in [-0.4, -0.2) is 41.4 Å².